The largest absolute Gasteiger partial charge is 0.362 e. The molecule has 2 aromatic rings. The number of amides is 1. The number of carbonyl (C=O) groups is 2. The van der Waals surface area contributed by atoms with E-state index in [1.54, 1.807) is 12.1 Å². The molecule has 0 bridgehead atoms. The van der Waals surface area contributed by atoms with Gasteiger partial charge in [0.05, 0.1) is 0 Å². The van der Waals surface area contributed by atoms with Crippen LogP contribution in [0.5, 0.6) is 0 Å². The fraction of sp³-hybridized carbons (Fsp3) is 0.217. The number of anilines is 1. The molecule has 0 aromatic heterocycles. The van der Waals surface area contributed by atoms with Gasteiger partial charge in [-0.2, -0.15) is 0 Å². The number of dihydropyridines is 1. The average Bonchev–Trinajstić information content (AvgIpc) is 2.67. The predicted molar refractivity (Wildman–Crippen MR) is 114 cm³/mol. The molecule has 0 spiro atoms. The number of allylic oxidation sites excluding steroid dienone is 3. The Balaban J connectivity index is 1.79. The van der Waals surface area contributed by atoms with E-state index in [1.807, 2.05) is 31.2 Å². The maximum Gasteiger partial charge on any atom is 0.254 e. The van der Waals surface area contributed by atoms with Crippen molar-refractivity contribution in [3.05, 3.63) is 86.9 Å². The highest BCUT2D eigenvalue weighted by atomic mass is 79.9. The maximum absolute atomic E-state index is 13.6. The third kappa shape index (κ3) is 3.90. The predicted octanol–water partition coefficient (Wildman–Crippen LogP) is 5.19. The highest BCUT2D eigenvalue weighted by Gasteiger charge is 2.38. The minimum atomic E-state index is -0.467. The van der Waals surface area contributed by atoms with Crippen LogP contribution in [0.4, 0.5) is 10.1 Å². The summed E-state index contributed by atoms with van der Waals surface area (Å²) in [5, 5.41) is 6.07. The average molecular weight is 455 g/mol. The van der Waals surface area contributed by atoms with Crippen molar-refractivity contribution in [1.29, 1.82) is 0 Å². The van der Waals surface area contributed by atoms with Gasteiger partial charge in [0.15, 0.2) is 5.78 Å². The van der Waals surface area contributed by atoms with Crippen molar-refractivity contribution < 1.29 is 14.0 Å². The Kier molecular flexibility index (Phi) is 5.37. The van der Waals surface area contributed by atoms with Crippen LogP contribution in [0.25, 0.3) is 0 Å². The third-order valence-corrected chi connectivity index (χ3v) is 5.78. The summed E-state index contributed by atoms with van der Waals surface area (Å²) in [6.07, 6.45) is 2.05. The van der Waals surface area contributed by atoms with Gasteiger partial charge in [-0.3, -0.25) is 9.59 Å². The van der Waals surface area contributed by atoms with Crippen LogP contribution < -0.4 is 10.6 Å². The van der Waals surface area contributed by atoms with Gasteiger partial charge in [0.2, 0.25) is 0 Å². The summed E-state index contributed by atoms with van der Waals surface area (Å²) in [7, 11) is 0. The quantitative estimate of drug-likeness (QED) is 0.670. The van der Waals surface area contributed by atoms with Crippen LogP contribution in [0.3, 0.4) is 0 Å². The molecule has 1 unspecified atom stereocenters. The molecule has 1 atom stereocenters. The van der Waals surface area contributed by atoms with Gasteiger partial charge >= 0.3 is 0 Å². The minimum Gasteiger partial charge on any atom is -0.362 e. The lowest BCUT2D eigenvalue weighted by Gasteiger charge is -2.34. The number of halogens is 2. The minimum absolute atomic E-state index is 0.0623. The first-order chi connectivity index (χ1) is 13.9. The Morgan fingerprint density at radius 3 is 2.72 bits per heavy atom. The molecule has 29 heavy (non-hydrogen) atoms. The van der Waals surface area contributed by atoms with Gasteiger partial charge in [0.25, 0.3) is 5.91 Å². The fourth-order valence-electron chi connectivity index (χ4n) is 4.07. The summed E-state index contributed by atoms with van der Waals surface area (Å²) in [5.74, 6) is -1.18. The van der Waals surface area contributed by atoms with Crippen LogP contribution in [0.2, 0.25) is 0 Å². The van der Waals surface area contributed by atoms with Crippen LogP contribution in [-0.4, -0.2) is 11.7 Å². The van der Waals surface area contributed by atoms with E-state index < -0.39 is 11.7 Å². The van der Waals surface area contributed by atoms with Crippen LogP contribution in [0.1, 0.15) is 37.7 Å². The number of Topliss-reactive ketones (excluding diaryl/α,β-unsaturated/α-hetero) is 1. The van der Waals surface area contributed by atoms with Gasteiger partial charge in [-0.15, -0.1) is 0 Å². The van der Waals surface area contributed by atoms with Crippen molar-refractivity contribution >= 4 is 33.3 Å². The summed E-state index contributed by atoms with van der Waals surface area (Å²) in [6.45, 7) is 1.84. The lowest BCUT2D eigenvalue weighted by atomic mass is 9.75. The summed E-state index contributed by atoms with van der Waals surface area (Å²) >= 11 is 3.49. The Morgan fingerprint density at radius 2 is 1.97 bits per heavy atom. The topological polar surface area (TPSA) is 58.2 Å². The number of benzene rings is 2. The molecule has 6 heteroatoms. The highest BCUT2D eigenvalue weighted by Crippen LogP contribution is 2.42. The molecule has 2 aliphatic rings. The molecule has 0 radical (unpaired) electrons. The van der Waals surface area contributed by atoms with Gasteiger partial charge in [-0.25, -0.2) is 4.39 Å². The summed E-state index contributed by atoms with van der Waals surface area (Å²) in [4.78, 5) is 26.1. The van der Waals surface area contributed by atoms with Crippen molar-refractivity contribution in [3.63, 3.8) is 0 Å². The van der Waals surface area contributed by atoms with E-state index in [-0.39, 0.29) is 11.7 Å². The second-order valence-electron chi connectivity index (χ2n) is 7.29. The normalized spacial score (nSPS) is 19.0. The first-order valence-corrected chi connectivity index (χ1v) is 10.3. The van der Waals surface area contributed by atoms with E-state index in [0.29, 0.717) is 29.0 Å². The summed E-state index contributed by atoms with van der Waals surface area (Å²) in [5.41, 5.74) is 3.97. The Bertz CT molecular complexity index is 1070. The molecule has 2 N–H and O–H groups in total. The number of hydrogen-bond acceptors (Lipinski definition) is 3. The van der Waals surface area contributed by atoms with Crippen molar-refractivity contribution in [3.8, 4) is 0 Å². The molecular formula is C23H20BrFN2O2. The summed E-state index contributed by atoms with van der Waals surface area (Å²) < 4.78 is 14.4. The van der Waals surface area contributed by atoms with Crippen molar-refractivity contribution in [1.82, 2.24) is 5.32 Å². The van der Waals surface area contributed by atoms with E-state index in [4.69, 9.17) is 0 Å². The smallest absolute Gasteiger partial charge is 0.254 e. The summed E-state index contributed by atoms with van der Waals surface area (Å²) in [6, 6.07) is 13.4. The van der Waals surface area contributed by atoms with Gasteiger partial charge in [-0.05, 0) is 55.7 Å². The number of hydrogen-bond donors (Lipinski definition) is 2. The number of ketones is 1. The molecule has 1 heterocycles. The van der Waals surface area contributed by atoms with Gasteiger partial charge in [0, 0.05) is 45.0 Å². The lowest BCUT2D eigenvalue weighted by molar-refractivity contribution is -0.116. The molecular weight excluding hydrogens is 435 g/mol. The second kappa shape index (κ2) is 7.95. The number of rotatable bonds is 3. The zero-order valence-corrected chi connectivity index (χ0v) is 17.5. The van der Waals surface area contributed by atoms with E-state index in [9.17, 15) is 14.0 Å². The Labute approximate surface area is 177 Å². The van der Waals surface area contributed by atoms with Gasteiger partial charge < -0.3 is 10.6 Å². The molecule has 0 saturated heterocycles. The van der Waals surface area contributed by atoms with Crippen molar-refractivity contribution in [2.45, 2.75) is 32.1 Å². The molecule has 4 rings (SSSR count). The Morgan fingerprint density at radius 1 is 1.17 bits per heavy atom. The van der Waals surface area contributed by atoms with Crippen LogP contribution >= 0.6 is 15.9 Å². The molecule has 2 aromatic carbocycles. The SMILES string of the molecule is CC1=C(C(=O)Nc2cccc(F)c2)C(c2cccc(Br)c2)C2=C(CCCC2=O)N1. The van der Waals surface area contributed by atoms with E-state index in [2.05, 4.69) is 26.6 Å². The van der Waals surface area contributed by atoms with Gasteiger partial charge in [0.1, 0.15) is 5.82 Å². The van der Waals surface area contributed by atoms with Crippen LogP contribution in [0, 0.1) is 5.82 Å². The number of carbonyl (C=O) groups excluding carboxylic acids is 2. The van der Waals surface area contributed by atoms with Crippen molar-refractivity contribution in [2.75, 3.05) is 5.32 Å². The molecule has 1 aliphatic carbocycles. The first-order valence-electron chi connectivity index (χ1n) is 9.50. The monoisotopic (exact) mass is 454 g/mol. The Hall–Kier alpha value is -2.73. The van der Waals surface area contributed by atoms with Crippen LogP contribution in [0.15, 0.2) is 75.5 Å². The van der Waals surface area contributed by atoms with E-state index >= 15 is 0 Å². The molecule has 0 saturated carbocycles. The molecule has 4 nitrogen and oxygen atoms in total. The zero-order chi connectivity index (χ0) is 20.5. The molecule has 148 valence electrons. The first kappa shape index (κ1) is 19.6. The molecule has 0 fully saturated rings. The van der Waals surface area contributed by atoms with Gasteiger partial charge in [-0.1, -0.05) is 34.1 Å². The standard InChI is InChI=1S/C23H20BrFN2O2/c1-13-20(23(29)27-17-8-3-7-16(25)12-17)21(14-5-2-6-15(24)11-14)22-18(26-13)9-4-10-19(22)28/h2-3,5-8,11-12,21,26H,4,9-10H2,1H3,(H,27,29). The molecule has 1 aliphatic heterocycles. The maximum atomic E-state index is 13.6. The fourth-order valence-corrected chi connectivity index (χ4v) is 4.49. The van der Waals surface area contributed by atoms with E-state index in [1.165, 1.54) is 12.1 Å². The highest BCUT2D eigenvalue weighted by molar-refractivity contribution is 9.10. The zero-order valence-electron chi connectivity index (χ0n) is 15.9. The second-order valence-corrected chi connectivity index (χ2v) is 8.20. The van der Waals surface area contributed by atoms with Crippen molar-refractivity contribution in [2.24, 2.45) is 0 Å². The third-order valence-electron chi connectivity index (χ3n) is 5.29. The number of nitrogens with one attached hydrogen (secondary N) is 2. The lowest BCUT2D eigenvalue weighted by Crippen LogP contribution is -2.35. The van der Waals surface area contributed by atoms with Crippen LogP contribution in [-0.2, 0) is 9.59 Å². The van der Waals surface area contributed by atoms with E-state index in [0.717, 1.165) is 28.6 Å². The molecule has 1 amide bonds.